The van der Waals surface area contributed by atoms with Crippen LogP contribution in [-0.4, -0.2) is 34.6 Å². The highest BCUT2D eigenvalue weighted by Gasteiger charge is 2.33. The molecular weight excluding hydrogens is 304 g/mol. The van der Waals surface area contributed by atoms with E-state index in [9.17, 15) is 15.2 Å². The van der Waals surface area contributed by atoms with Gasteiger partial charge in [0, 0.05) is 31.8 Å². The molecule has 0 radical (unpaired) electrons. The first-order valence-corrected chi connectivity index (χ1v) is 8.30. The highest BCUT2D eigenvalue weighted by atomic mass is 16.6. The summed E-state index contributed by atoms with van der Waals surface area (Å²) in [5.74, 6) is 0. The summed E-state index contributed by atoms with van der Waals surface area (Å²) in [4.78, 5) is 12.6. The Hall–Kier alpha value is -2.24. The Bertz CT molecular complexity index is 678. The Kier molecular flexibility index (Phi) is 4.92. The van der Waals surface area contributed by atoms with Crippen molar-refractivity contribution in [1.82, 2.24) is 4.90 Å². The molecule has 1 aliphatic rings. The van der Waals surface area contributed by atoms with Crippen LogP contribution in [0.1, 0.15) is 24.0 Å². The van der Waals surface area contributed by atoms with E-state index in [1.54, 1.807) is 12.1 Å². The second-order valence-corrected chi connectivity index (χ2v) is 6.41. The van der Waals surface area contributed by atoms with Gasteiger partial charge in [-0.3, -0.25) is 10.1 Å². The normalized spacial score (nSPS) is 17.5. The van der Waals surface area contributed by atoms with E-state index in [2.05, 4.69) is 4.90 Å². The smallest absolute Gasteiger partial charge is 0.269 e. The van der Waals surface area contributed by atoms with Gasteiger partial charge in [0.2, 0.25) is 0 Å². The fraction of sp³-hybridized carbons (Fsp3) is 0.368. The average molecular weight is 326 g/mol. The van der Waals surface area contributed by atoms with Crippen LogP contribution in [0.3, 0.4) is 0 Å². The molecule has 5 nitrogen and oxygen atoms in total. The predicted octanol–water partition coefficient (Wildman–Crippen LogP) is 3.12. The van der Waals surface area contributed by atoms with Crippen molar-refractivity contribution in [3.8, 4) is 0 Å². The second-order valence-electron chi connectivity index (χ2n) is 6.41. The van der Waals surface area contributed by atoms with E-state index in [-0.39, 0.29) is 10.6 Å². The highest BCUT2D eigenvalue weighted by Crippen LogP contribution is 2.32. The number of likely N-dealkylation sites (tertiary alicyclic amines) is 1. The molecule has 0 saturated carbocycles. The van der Waals surface area contributed by atoms with Crippen molar-refractivity contribution >= 4 is 5.69 Å². The lowest BCUT2D eigenvalue weighted by Gasteiger charge is -2.38. The first-order chi connectivity index (χ1) is 11.6. The number of hydrogen-bond donors (Lipinski definition) is 1. The largest absolute Gasteiger partial charge is 0.385 e. The van der Waals surface area contributed by atoms with Crippen molar-refractivity contribution in [3.05, 3.63) is 75.8 Å². The molecular formula is C19H22N2O3. The molecule has 1 fully saturated rings. The van der Waals surface area contributed by atoms with Crippen LogP contribution < -0.4 is 0 Å². The Balaban J connectivity index is 1.51. The lowest BCUT2D eigenvalue weighted by molar-refractivity contribution is -0.384. The standard InChI is InChI=1S/C19H22N2O3/c22-19(17-4-2-1-3-5-17)11-14-20(15-12-19)13-10-16-6-8-18(9-7-16)21(23)24/h1-9,22H,10-15H2. The number of hydrogen-bond acceptors (Lipinski definition) is 4. The molecule has 1 heterocycles. The van der Waals surface area contributed by atoms with Gasteiger partial charge in [0.15, 0.2) is 0 Å². The van der Waals surface area contributed by atoms with E-state index in [1.807, 2.05) is 42.5 Å². The summed E-state index contributed by atoms with van der Waals surface area (Å²) in [6.45, 7) is 2.62. The second kappa shape index (κ2) is 7.11. The number of rotatable bonds is 5. The minimum absolute atomic E-state index is 0.129. The van der Waals surface area contributed by atoms with Crippen molar-refractivity contribution in [2.75, 3.05) is 19.6 Å². The van der Waals surface area contributed by atoms with Crippen LogP contribution in [0.4, 0.5) is 5.69 Å². The van der Waals surface area contributed by atoms with Gasteiger partial charge in [0.05, 0.1) is 10.5 Å². The van der Waals surface area contributed by atoms with Gasteiger partial charge in [-0.25, -0.2) is 0 Å². The molecule has 0 bridgehead atoms. The van der Waals surface area contributed by atoms with Crippen LogP contribution in [0, 0.1) is 10.1 Å². The summed E-state index contributed by atoms with van der Waals surface area (Å²) < 4.78 is 0. The lowest BCUT2D eigenvalue weighted by Crippen LogP contribution is -2.43. The van der Waals surface area contributed by atoms with Gasteiger partial charge in [-0.05, 0) is 30.4 Å². The zero-order valence-corrected chi connectivity index (χ0v) is 13.6. The van der Waals surface area contributed by atoms with Crippen LogP contribution in [0.2, 0.25) is 0 Å². The predicted molar refractivity (Wildman–Crippen MR) is 92.8 cm³/mol. The molecule has 0 spiro atoms. The third-order valence-corrected chi connectivity index (χ3v) is 4.86. The minimum Gasteiger partial charge on any atom is -0.385 e. The summed E-state index contributed by atoms with van der Waals surface area (Å²) >= 11 is 0. The molecule has 0 unspecified atom stereocenters. The zero-order chi connectivity index (χ0) is 17.0. The lowest BCUT2D eigenvalue weighted by atomic mass is 9.84. The Morgan fingerprint density at radius 2 is 1.67 bits per heavy atom. The van der Waals surface area contributed by atoms with Crippen molar-refractivity contribution in [2.45, 2.75) is 24.9 Å². The monoisotopic (exact) mass is 326 g/mol. The third kappa shape index (κ3) is 3.80. The molecule has 24 heavy (non-hydrogen) atoms. The van der Waals surface area contributed by atoms with E-state index < -0.39 is 5.60 Å². The van der Waals surface area contributed by atoms with Crippen molar-refractivity contribution in [2.24, 2.45) is 0 Å². The molecule has 1 N–H and O–H groups in total. The van der Waals surface area contributed by atoms with Gasteiger partial charge in [0.25, 0.3) is 5.69 Å². The number of nitro benzene ring substituents is 1. The number of aliphatic hydroxyl groups is 1. The summed E-state index contributed by atoms with van der Waals surface area (Å²) in [6, 6.07) is 16.6. The Morgan fingerprint density at radius 1 is 1.04 bits per heavy atom. The first-order valence-electron chi connectivity index (χ1n) is 8.30. The summed E-state index contributed by atoms with van der Waals surface area (Å²) in [7, 11) is 0. The number of benzene rings is 2. The SMILES string of the molecule is O=[N+]([O-])c1ccc(CCN2CCC(O)(c3ccccc3)CC2)cc1. The fourth-order valence-corrected chi connectivity index (χ4v) is 3.26. The Labute approximate surface area is 141 Å². The molecule has 3 rings (SSSR count). The quantitative estimate of drug-likeness (QED) is 0.677. The molecule has 126 valence electrons. The molecule has 0 amide bonds. The molecule has 0 aliphatic carbocycles. The molecule has 0 aromatic heterocycles. The molecule has 2 aromatic rings. The topological polar surface area (TPSA) is 66.6 Å². The average Bonchev–Trinajstić information content (AvgIpc) is 2.62. The zero-order valence-electron chi connectivity index (χ0n) is 13.6. The van der Waals surface area contributed by atoms with Crippen molar-refractivity contribution in [3.63, 3.8) is 0 Å². The van der Waals surface area contributed by atoms with E-state index in [4.69, 9.17) is 0 Å². The van der Waals surface area contributed by atoms with Gasteiger partial charge in [-0.2, -0.15) is 0 Å². The van der Waals surface area contributed by atoms with E-state index in [1.165, 1.54) is 0 Å². The van der Waals surface area contributed by atoms with Crippen LogP contribution in [0.25, 0.3) is 0 Å². The maximum Gasteiger partial charge on any atom is 0.269 e. The third-order valence-electron chi connectivity index (χ3n) is 4.86. The summed E-state index contributed by atoms with van der Waals surface area (Å²) in [6.07, 6.45) is 2.33. The number of nitrogens with zero attached hydrogens (tertiary/aromatic N) is 2. The van der Waals surface area contributed by atoms with Crippen LogP contribution in [-0.2, 0) is 12.0 Å². The fourth-order valence-electron chi connectivity index (χ4n) is 3.26. The molecule has 0 atom stereocenters. The van der Waals surface area contributed by atoms with Gasteiger partial charge in [-0.15, -0.1) is 0 Å². The van der Waals surface area contributed by atoms with Gasteiger partial charge >= 0.3 is 0 Å². The molecule has 1 aliphatic heterocycles. The maximum absolute atomic E-state index is 10.8. The number of non-ortho nitro benzene ring substituents is 1. The molecule has 2 aromatic carbocycles. The van der Waals surface area contributed by atoms with Crippen molar-refractivity contribution < 1.29 is 10.0 Å². The number of nitro groups is 1. The van der Waals surface area contributed by atoms with Crippen LogP contribution in [0.5, 0.6) is 0 Å². The minimum atomic E-state index is -0.717. The van der Waals surface area contributed by atoms with E-state index >= 15 is 0 Å². The van der Waals surface area contributed by atoms with Gasteiger partial charge in [-0.1, -0.05) is 42.5 Å². The van der Waals surface area contributed by atoms with E-state index in [0.29, 0.717) is 0 Å². The summed E-state index contributed by atoms with van der Waals surface area (Å²) in [5.41, 5.74) is 1.51. The number of piperidine rings is 1. The Morgan fingerprint density at radius 3 is 2.25 bits per heavy atom. The maximum atomic E-state index is 10.8. The summed E-state index contributed by atoms with van der Waals surface area (Å²) in [5, 5.41) is 21.5. The highest BCUT2D eigenvalue weighted by molar-refractivity contribution is 5.33. The van der Waals surface area contributed by atoms with E-state index in [0.717, 1.165) is 50.0 Å². The molecule has 1 saturated heterocycles. The van der Waals surface area contributed by atoms with Crippen LogP contribution in [0.15, 0.2) is 54.6 Å². The van der Waals surface area contributed by atoms with Crippen molar-refractivity contribution in [1.29, 1.82) is 0 Å². The molecule has 5 heteroatoms. The first kappa shape index (κ1) is 16.6. The van der Waals surface area contributed by atoms with Crippen LogP contribution >= 0.6 is 0 Å². The van der Waals surface area contributed by atoms with Gasteiger partial charge < -0.3 is 10.0 Å². The van der Waals surface area contributed by atoms with Gasteiger partial charge in [0.1, 0.15) is 0 Å².